The van der Waals surface area contributed by atoms with Crippen LogP contribution in [0.3, 0.4) is 0 Å². The molecule has 118 valence electrons. The highest BCUT2D eigenvalue weighted by Gasteiger charge is 2.32. The maximum absolute atomic E-state index is 12.5. The lowest BCUT2D eigenvalue weighted by Crippen LogP contribution is -2.42. The molecule has 0 bridgehead atoms. The van der Waals surface area contributed by atoms with E-state index in [0.717, 1.165) is 37.0 Å². The average molecular weight is 300 g/mol. The van der Waals surface area contributed by atoms with E-state index in [-0.39, 0.29) is 12.1 Å². The topological polar surface area (TPSA) is 45.3 Å². The second-order valence-corrected chi connectivity index (χ2v) is 7.00. The van der Waals surface area contributed by atoms with Crippen molar-refractivity contribution < 1.29 is 9.53 Å². The molecular formula is C18H24N2O2. The largest absolute Gasteiger partial charge is 0.444 e. The van der Waals surface area contributed by atoms with E-state index in [2.05, 4.69) is 23.2 Å². The zero-order valence-electron chi connectivity index (χ0n) is 13.6. The molecule has 1 aromatic carbocycles. The number of rotatable bonds is 1. The van der Waals surface area contributed by atoms with Crippen molar-refractivity contribution in [2.75, 3.05) is 6.54 Å². The lowest BCUT2D eigenvalue weighted by atomic mass is 10.00. The summed E-state index contributed by atoms with van der Waals surface area (Å²) in [6, 6.07) is 10.5. The van der Waals surface area contributed by atoms with Gasteiger partial charge in [0.2, 0.25) is 0 Å². The Bertz CT molecular complexity index is 636. The third-order valence-corrected chi connectivity index (χ3v) is 4.04. The normalized spacial score (nSPS) is 19.4. The number of aromatic nitrogens is 1. The highest BCUT2D eigenvalue weighted by atomic mass is 16.6. The summed E-state index contributed by atoms with van der Waals surface area (Å²) < 4.78 is 5.58. The van der Waals surface area contributed by atoms with Gasteiger partial charge in [0.1, 0.15) is 5.60 Å². The number of carbonyl (C=O) groups is 1. The Morgan fingerprint density at radius 2 is 2.05 bits per heavy atom. The number of hydrogen-bond acceptors (Lipinski definition) is 2. The number of H-pyrrole nitrogens is 1. The van der Waals surface area contributed by atoms with Gasteiger partial charge < -0.3 is 9.72 Å². The molecule has 22 heavy (non-hydrogen) atoms. The first-order valence-electron chi connectivity index (χ1n) is 8.01. The minimum atomic E-state index is -0.459. The Morgan fingerprint density at radius 1 is 1.27 bits per heavy atom. The molecule has 0 unspecified atom stereocenters. The van der Waals surface area contributed by atoms with Gasteiger partial charge in [-0.3, -0.25) is 4.90 Å². The van der Waals surface area contributed by atoms with Gasteiger partial charge in [-0.2, -0.15) is 0 Å². The van der Waals surface area contributed by atoms with Gasteiger partial charge in [-0.15, -0.1) is 0 Å². The number of nitrogens with zero attached hydrogens (tertiary/aromatic N) is 1. The summed E-state index contributed by atoms with van der Waals surface area (Å²) in [5.74, 6) is 0. The Kier molecular flexibility index (Phi) is 3.85. The summed E-state index contributed by atoms with van der Waals surface area (Å²) in [5.41, 5.74) is 1.76. The Hall–Kier alpha value is -1.97. The zero-order valence-corrected chi connectivity index (χ0v) is 13.6. The lowest BCUT2D eigenvalue weighted by molar-refractivity contribution is 0.00908. The molecule has 0 saturated carbocycles. The van der Waals surface area contributed by atoms with E-state index in [0.29, 0.717) is 0 Å². The first-order valence-corrected chi connectivity index (χ1v) is 8.01. The van der Waals surface area contributed by atoms with E-state index in [1.54, 1.807) is 0 Å². The van der Waals surface area contributed by atoms with E-state index in [1.807, 2.05) is 37.8 Å². The van der Waals surface area contributed by atoms with Crippen LogP contribution >= 0.6 is 0 Å². The zero-order chi connectivity index (χ0) is 15.7. The van der Waals surface area contributed by atoms with Crippen LogP contribution in [0.2, 0.25) is 0 Å². The van der Waals surface area contributed by atoms with Gasteiger partial charge in [-0.25, -0.2) is 4.79 Å². The van der Waals surface area contributed by atoms with E-state index in [9.17, 15) is 4.79 Å². The molecule has 1 fully saturated rings. The minimum Gasteiger partial charge on any atom is -0.444 e. The first kappa shape index (κ1) is 14.9. The molecule has 0 spiro atoms. The maximum Gasteiger partial charge on any atom is 0.410 e. The van der Waals surface area contributed by atoms with Crippen LogP contribution in [0.5, 0.6) is 0 Å². The fraction of sp³-hybridized carbons (Fsp3) is 0.500. The number of carbonyl (C=O) groups excluding carboxylic acids is 1. The number of fused-ring (bicyclic) bond motifs is 1. The van der Waals surface area contributed by atoms with Crippen LogP contribution in [0.25, 0.3) is 10.9 Å². The van der Waals surface area contributed by atoms with Gasteiger partial charge in [0, 0.05) is 17.8 Å². The standard InChI is InChI=1S/C18H24N2O2/c1-18(2,3)22-17(21)20-11-7-6-10-16(20)15-12-13-8-4-5-9-14(13)19-15/h4-5,8-9,12,16,19H,6-7,10-11H2,1-3H3/t16-/m0/s1. The fourth-order valence-corrected chi connectivity index (χ4v) is 3.07. The second-order valence-electron chi connectivity index (χ2n) is 7.00. The third-order valence-electron chi connectivity index (χ3n) is 4.04. The second kappa shape index (κ2) is 5.67. The molecule has 1 atom stereocenters. The highest BCUT2D eigenvalue weighted by Crippen LogP contribution is 2.33. The number of ether oxygens (including phenoxy) is 1. The van der Waals surface area contributed by atoms with E-state index < -0.39 is 5.60 Å². The molecule has 1 saturated heterocycles. The lowest BCUT2D eigenvalue weighted by Gasteiger charge is -2.36. The van der Waals surface area contributed by atoms with Crippen LogP contribution < -0.4 is 0 Å². The van der Waals surface area contributed by atoms with E-state index in [1.165, 1.54) is 5.39 Å². The highest BCUT2D eigenvalue weighted by molar-refractivity contribution is 5.80. The van der Waals surface area contributed by atoms with Crippen LogP contribution in [-0.2, 0) is 4.74 Å². The number of hydrogen-bond donors (Lipinski definition) is 1. The third kappa shape index (κ3) is 3.11. The molecule has 1 aliphatic heterocycles. The molecule has 2 aromatic rings. The summed E-state index contributed by atoms with van der Waals surface area (Å²) in [5, 5.41) is 1.19. The molecule has 0 radical (unpaired) electrons. The minimum absolute atomic E-state index is 0.0796. The van der Waals surface area contributed by atoms with Crippen LogP contribution in [-0.4, -0.2) is 28.1 Å². The summed E-state index contributed by atoms with van der Waals surface area (Å²) in [6.45, 7) is 6.49. The van der Waals surface area contributed by atoms with Crippen molar-refractivity contribution in [2.45, 2.75) is 51.7 Å². The monoisotopic (exact) mass is 300 g/mol. The number of para-hydroxylation sites is 1. The van der Waals surface area contributed by atoms with Crippen molar-refractivity contribution in [3.63, 3.8) is 0 Å². The van der Waals surface area contributed by atoms with E-state index in [4.69, 9.17) is 4.74 Å². The summed E-state index contributed by atoms with van der Waals surface area (Å²) >= 11 is 0. The van der Waals surface area contributed by atoms with Gasteiger partial charge in [-0.05, 0) is 57.6 Å². The fourth-order valence-electron chi connectivity index (χ4n) is 3.07. The van der Waals surface area contributed by atoms with Crippen molar-refractivity contribution in [2.24, 2.45) is 0 Å². The van der Waals surface area contributed by atoms with Crippen molar-refractivity contribution in [3.8, 4) is 0 Å². The summed E-state index contributed by atoms with van der Waals surface area (Å²) in [4.78, 5) is 17.8. The summed E-state index contributed by atoms with van der Waals surface area (Å²) in [7, 11) is 0. The molecule has 0 aliphatic carbocycles. The van der Waals surface area contributed by atoms with Crippen LogP contribution in [0.15, 0.2) is 30.3 Å². The molecule has 4 heteroatoms. The van der Waals surface area contributed by atoms with Crippen LogP contribution in [0.4, 0.5) is 4.79 Å². The van der Waals surface area contributed by atoms with Crippen molar-refractivity contribution >= 4 is 17.0 Å². The first-order chi connectivity index (χ1) is 10.4. The average Bonchev–Trinajstić information content (AvgIpc) is 2.89. The molecule has 3 rings (SSSR count). The predicted molar refractivity (Wildman–Crippen MR) is 87.8 cm³/mol. The van der Waals surface area contributed by atoms with Gasteiger partial charge in [-0.1, -0.05) is 18.2 Å². The summed E-state index contributed by atoms with van der Waals surface area (Å²) in [6.07, 6.45) is 2.94. The number of likely N-dealkylation sites (tertiary alicyclic amines) is 1. The van der Waals surface area contributed by atoms with Gasteiger partial charge in [0.25, 0.3) is 0 Å². The number of piperidine rings is 1. The van der Waals surface area contributed by atoms with Gasteiger partial charge in [0.15, 0.2) is 0 Å². The van der Waals surface area contributed by atoms with E-state index >= 15 is 0 Å². The van der Waals surface area contributed by atoms with Gasteiger partial charge in [0.05, 0.1) is 6.04 Å². The molecule has 4 nitrogen and oxygen atoms in total. The molecule has 2 heterocycles. The van der Waals surface area contributed by atoms with Gasteiger partial charge >= 0.3 is 6.09 Å². The number of amides is 1. The molecule has 1 aromatic heterocycles. The number of nitrogens with one attached hydrogen (secondary N) is 1. The number of benzene rings is 1. The molecular weight excluding hydrogens is 276 g/mol. The Labute approximate surface area is 131 Å². The quantitative estimate of drug-likeness (QED) is 0.834. The van der Waals surface area contributed by atoms with Crippen molar-refractivity contribution in [1.29, 1.82) is 0 Å². The Morgan fingerprint density at radius 3 is 2.77 bits per heavy atom. The van der Waals surface area contributed by atoms with Crippen LogP contribution in [0.1, 0.15) is 51.8 Å². The molecule has 1 amide bonds. The predicted octanol–water partition coefficient (Wildman–Crippen LogP) is 4.63. The number of aromatic amines is 1. The Balaban J connectivity index is 1.87. The molecule has 1 N–H and O–H groups in total. The SMILES string of the molecule is CC(C)(C)OC(=O)N1CCCC[C@H]1c1cc2ccccc2[nH]1. The van der Waals surface area contributed by atoms with Crippen LogP contribution in [0, 0.1) is 0 Å². The van der Waals surface area contributed by atoms with Crippen molar-refractivity contribution in [1.82, 2.24) is 9.88 Å². The smallest absolute Gasteiger partial charge is 0.410 e. The molecule has 1 aliphatic rings. The maximum atomic E-state index is 12.5. The van der Waals surface area contributed by atoms with Crippen molar-refractivity contribution in [3.05, 3.63) is 36.0 Å².